The lowest BCUT2D eigenvalue weighted by molar-refractivity contribution is -0.155. The van der Waals surface area contributed by atoms with Crippen LogP contribution in [0.3, 0.4) is 0 Å². The van der Waals surface area contributed by atoms with Gasteiger partial charge in [0.05, 0.1) is 24.4 Å². The highest BCUT2D eigenvalue weighted by Gasteiger charge is 2.43. The van der Waals surface area contributed by atoms with Gasteiger partial charge in [-0.15, -0.1) is 0 Å². The normalized spacial score (nSPS) is 27.0. The van der Waals surface area contributed by atoms with Crippen molar-refractivity contribution in [2.75, 3.05) is 13.7 Å². The van der Waals surface area contributed by atoms with E-state index in [9.17, 15) is 4.79 Å². The largest absolute Gasteiger partial charge is 0.469 e. The van der Waals surface area contributed by atoms with Crippen LogP contribution in [0.4, 0.5) is 0 Å². The molecule has 0 bridgehead atoms. The molecule has 0 saturated carbocycles. The zero-order valence-electron chi connectivity index (χ0n) is 11.1. The number of nitrogens with one attached hydrogen (secondary N) is 1. The van der Waals surface area contributed by atoms with Crippen molar-refractivity contribution in [2.24, 2.45) is 5.41 Å². The minimum atomic E-state index is -0.529. The molecule has 1 N–H and O–H groups in total. The number of aromatic nitrogens is 2. The van der Waals surface area contributed by atoms with E-state index in [0.29, 0.717) is 11.6 Å². The van der Waals surface area contributed by atoms with Gasteiger partial charge in [-0.25, -0.2) is 4.98 Å². The zero-order valence-corrected chi connectivity index (χ0v) is 11.9. The van der Waals surface area contributed by atoms with Crippen LogP contribution >= 0.6 is 11.6 Å². The summed E-state index contributed by atoms with van der Waals surface area (Å²) < 4.78 is 5.00. The highest BCUT2D eigenvalue weighted by atomic mass is 35.5. The monoisotopic (exact) mass is 283 g/mol. The predicted molar refractivity (Wildman–Crippen MR) is 71.9 cm³/mol. The molecule has 2 rings (SSSR count). The van der Waals surface area contributed by atoms with Gasteiger partial charge in [0, 0.05) is 18.7 Å². The molecule has 2 unspecified atom stereocenters. The summed E-state index contributed by atoms with van der Waals surface area (Å²) in [6.07, 6.45) is 5.12. The van der Waals surface area contributed by atoms with Crippen LogP contribution in [0, 0.1) is 5.41 Å². The molecular weight excluding hydrogens is 266 g/mol. The van der Waals surface area contributed by atoms with Crippen LogP contribution in [0.2, 0.25) is 5.15 Å². The molecule has 1 fully saturated rings. The van der Waals surface area contributed by atoms with E-state index in [-0.39, 0.29) is 12.0 Å². The van der Waals surface area contributed by atoms with Gasteiger partial charge in [0.1, 0.15) is 5.15 Å². The number of piperidine rings is 1. The molecule has 0 amide bonds. The van der Waals surface area contributed by atoms with Crippen molar-refractivity contribution >= 4 is 17.6 Å². The summed E-state index contributed by atoms with van der Waals surface area (Å²) in [7, 11) is 1.43. The zero-order chi connectivity index (χ0) is 13.9. The highest BCUT2D eigenvalue weighted by molar-refractivity contribution is 6.29. The average molecular weight is 284 g/mol. The maximum Gasteiger partial charge on any atom is 0.312 e. The van der Waals surface area contributed by atoms with Crippen LogP contribution in [0.1, 0.15) is 25.5 Å². The summed E-state index contributed by atoms with van der Waals surface area (Å²) in [5.41, 5.74) is 0.200. The number of esters is 1. The maximum absolute atomic E-state index is 12.2. The van der Waals surface area contributed by atoms with E-state index in [0.717, 1.165) is 25.1 Å². The molecule has 2 heterocycles. The molecule has 2 atom stereocenters. The number of carbonyl (C=O) groups excluding carboxylic acids is 1. The Labute approximate surface area is 117 Å². The smallest absolute Gasteiger partial charge is 0.312 e. The van der Waals surface area contributed by atoms with E-state index in [1.165, 1.54) is 13.3 Å². The fourth-order valence-electron chi connectivity index (χ4n) is 2.76. The van der Waals surface area contributed by atoms with Crippen LogP contribution in [0.15, 0.2) is 12.4 Å². The Kier molecular flexibility index (Phi) is 4.37. The highest BCUT2D eigenvalue weighted by Crippen LogP contribution is 2.36. The fourth-order valence-corrected chi connectivity index (χ4v) is 2.93. The van der Waals surface area contributed by atoms with Gasteiger partial charge in [0.2, 0.25) is 0 Å². The third-order valence-corrected chi connectivity index (χ3v) is 3.77. The molecule has 0 aliphatic carbocycles. The maximum atomic E-state index is 12.2. The summed E-state index contributed by atoms with van der Waals surface area (Å²) in [5, 5.41) is 3.69. The van der Waals surface area contributed by atoms with Crippen LogP contribution in [-0.4, -0.2) is 35.6 Å². The lowest BCUT2D eigenvalue weighted by Crippen LogP contribution is -2.48. The molecular formula is C13H18ClN3O2. The van der Waals surface area contributed by atoms with Crippen molar-refractivity contribution < 1.29 is 9.53 Å². The van der Waals surface area contributed by atoms with Gasteiger partial charge in [0.25, 0.3) is 0 Å². The molecule has 104 valence electrons. The average Bonchev–Trinajstić information content (AvgIpc) is 2.37. The Hall–Kier alpha value is -1.20. The number of carbonyl (C=O) groups is 1. The van der Waals surface area contributed by atoms with Gasteiger partial charge < -0.3 is 10.1 Å². The standard InChI is InChI=1S/C13H18ClN3O2/c1-9-5-13(3-4-16-9,12(18)19-2)6-10-7-15-8-11(14)17-10/h7-9,16H,3-6H2,1-2H3. The van der Waals surface area contributed by atoms with Gasteiger partial charge >= 0.3 is 5.97 Å². The van der Waals surface area contributed by atoms with Gasteiger partial charge in [-0.1, -0.05) is 11.6 Å². The topological polar surface area (TPSA) is 64.1 Å². The number of hydrogen-bond donors (Lipinski definition) is 1. The van der Waals surface area contributed by atoms with E-state index in [2.05, 4.69) is 22.2 Å². The first-order valence-corrected chi connectivity index (χ1v) is 6.72. The first-order valence-electron chi connectivity index (χ1n) is 6.34. The van der Waals surface area contributed by atoms with Crippen molar-refractivity contribution in [3.05, 3.63) is 23.2 Å². The molecule has 1 aromatic rings. The van der Waals surface area contributed by atoms with Crippen molar-refractivity contribution in [3.63, 3.8) is 0 Å². The summed E-state index contributed by atoms with van der Waals surface area (Å²) >= 11 is 5.85. The number of methoxy groups -OCH3 is 1. The van der Waals surface area contributed by atoms with E-state index in [1.807, 2.05) is 0 Å². The second-order valence-electron chi connectivity index (χ2n) is 5.09. The first-order chi connectivity index (χ1) is 9.05. The molecule has 0 spiro atoms. The minimum Gasteiger partial charge on any atom is -0.469 e. The lowest BCUT2D eigenvalue weighted by Gasteiger charge is -2.37. The minimum absolute atomic E-state index is 0.178. The van der Waals surface area contributed by atoms with Gasteiger partial charge in [-0.3, -0.25) is 9.78 Å². The molecule has 1 aromatic heterocycles. The van der Waals surface area contributed by atoms with E-state index >= 15 is 0 Å². The molecule has 19 heavy (non-hydrogen) atoms. The number of halogens is 1. The lowest BCUT2D eigenvalue weighted by atomic mass is 9.73. The van der Waals surface area contributed by atoms with E-state index in [4.69, 9.17) is 16.3 Å². The molecule has 5 nitrogen and oxygen atoms in total. The van der Waals surface area contributed by atoms with Crippen molar-refractivity contribution in [1.29, 1.82) is 0 Å². The summed E-state index contributed by atoms with van der Waals surface area (Å²) in [6.45, 7) is 2.87. The summed E-state index contributed by atoms with van der Waals surface area (Å²) in [5.74, 6) is -0.178. The first kappa shape index (κ1) is 14.2. The third kappa shape index (κ3) is 3.22. The quantitative estimate of drug-likeness (QED) is 0.854. The van der Waals surface area contributed by atoms with Gasteiger partial charge in [0.15, 0.2) is 0 Å². The fraction of sp³-hybridized carbons (Fsp3) is 0.615. The number of rotatable bonds is 3. The Morgan fingerprint density at radius 2 is 2.42 bits per heavy atom. The summed E-state index contributed by atoms with van der Waals surface area (Å²) in [6, 6.07) is 0.278. The van der Waals surface area contributed by atoms with Crippen molar-refractivity contribution in [1.82, 2.24) is 15.3 Å². The molecule has 1 aliphatic heterocycles. The second kappa shape index (κ2) is 5.84. The molecule has 1 aliphatic rings. The second-order valence-corrected chi connectivity index (χ2v) is 5.48. The van der Waals surface area contributed by atoms with Crippen LogP contribution < -0.4 is 5.32 Å². The Balaban J connectivity index is 2.25. The number of ether oxygens (including phenoxy) is 1. The van der Waals surface area contributed by atoms with Crippen LogP contribution in [-0.2, 0) is 16.0 Å². The number of nitrogens with zero attached hydrogens (tertiary/aromatic N) is 2. The van der Waals surface area contributed by atoms with Gasteiger partial charge in [-0.05, 0) is 26.3 Å². The van der Waals surface area contributed by atoms with Crippen LogP contribution in [0.5, 0.6) is 0 Å². The predicted octanol–water partition coefficient (Wildman–Crippen LogP) is 1.60. The Bertz CT molecular complexity index is 469. The Morgan fingerprint density at radius 3 is 3.05 bits per heavy atom. The van der Waals surface area contributed by atoms with Gasteiger partial charge in [-0.2, -0.15) is 0 Å². The molecule has 0 aromatic carbocycles. The molecule has 0 radical (unpaired) electrons. The van der Waals surface area contributed by atoms with E-state index in [1.54, 1.807) is 6.20 Å². The van der Waals surface area contributed by atoms with E-state index < -0.39 is 5.41 Å². The number of hydrogen-bond acceptors (Lipinski definition) is 5. The SMILES string of the molecule is COC(=O)C1(Cc2cncc(Cl)n2)CCNC(C)C1. The third-order valence-electron chi connectivity index (χ3n) is 3.59. The van der Waals surface area contributed by atoms with Crippen molar-refractivity contribution in [3.8, 4) is 0 Å². The molecule has 1 saturated heterocycles. The van der Waals surface area contributed by atoms with Crippen LogP contribution in [0.25, 0.3) is 0 Å². The summed E-state index contributed by atoms with van der Waals surface area (Å²) in [4.78, 5) is 20.4. The van der Waals surface area contributed by atoms with Crippen molar-refractivity contribution in [2.45, 2.75) is 32.2 Å². The molecule has 6 heteroatoms. The Morgan fingerprint density at radius 1 is 1.63 bits per heavy atom.